The molecule has 0 amide bonds. The van der Waals surface area contributed by atoms with Gasteiger partial charge in [0.05, 0.1) is 6.33 Å². The first-order valence-electron chi connectivity index (χ1n) is 19.0. The van der Waals surface area contributed by atoms with E-state index in [4.69, 9.17) is 48.7 Å². The van der Waals surface area contributed by atoms with E-state index in [0.29, 0.717) is 18.6 Å². The lowest BCUT2D eigenvalue weighted by atomic mass is 10.0. The van der Waals surface area contributed by atoms with Gasteiger partial charge in [-0.3, -0.25) is 14.4 Å². The van der Waals surface area contributed by atoms with Gasteiger partial charge in [-0.2, -0.15) is 0 Å². The number of aliphatic carboxylic acids is 3. The molecule has 1 aliphatic heterocycles. The second kappa shape index (κ2) is 27.2. The molecule has 2 aromatic carbocycles. The summed E-state index contributed by atoms with van der Waals surface area (Å²) in [5.41, 5.74) is 30.2. The van der Waals surface area contributed by atoms with Crippen molar-refractivity contribution >= 4 is 35.8 Å². The highest BCUT2D eigenvalue weighted by Gasteiger charge is 2.27. The topological polar surface area (TPSA) is 352 Å². The number of carbonyl (C=O) groups excluding carboxylic acids is 3. The van der Waals surface area contributed by atoms with Crippen molar-refractivity contribution in [1.29, 1.82) is 0 Å². The van der Waals surface area contributed by atoms with Crippen LogP contribution in [0.3, 0.4) is 0 Å². The Morgan fingerprint density at radius 3 is 1.71 bits per heavy atom. The van der Waals surface area contributed by atoms with Crippen molar-refractivity contribution < 1.29 is 53.6 Å². The molecular weight excluding hydrogens is 768 g/mol. The van der Waals surface area contributed by atoms with E-state index in [1.807, 2.05) is 44.2 Å². The SMILES string of the molecule is CC[C@H](C)[C@H](N)C(=O)OC(=O)[C@@H](N)C(C)C.N[C@@H](Cc1ccc(OC(=O)[C@@H](N)Cc2cnc[nH]2)cc1)C(=O)O.N[C@@H](Cc1ccccc1)C(=O)O.O=C(O)[C@@H]1CCCN1. The lowest BCUT2D eigenvalue weighted by Gasteiger charge is -2.18. The smallest absolute Gasteiger partial charge is 0.330 e. The highest BCUT2D eigenvalue weighted by atomic mass is 16.6. The number of nitrogens with one attached hydrogen (secondary N) is 2. The number of esters is 3. The van der Waals surface area contributed by atoms with Gasteiger partial charge in [0.25, 0.3) is 0 Å². The van der Waals surface area contributed by atoms with Gasteiger partial charge in [-0.25, -0.2) is 19.4 Å². The zero-order valence-electron chi connectivity index (χ0n) is 33.9. The molecule has 59 heavy (non-hydrogen) atoms. The van der Waals surface area contributed by atoms with E-state index in [9.17, 15) is 28.8 Å². The molecule has 0 radical (unpaired) electrons. The van der Waals surface area contributed by atoms with Gasteiger partial charge in [0.2, 0.25) is 0 Å². The average Bonchev–Trinajstić information content (AvgIpc) is 3.94. The molecule has 1 aromatic heterocycles. The summed E-state index contributed by atoms with van der Waals surface area (Å²) in [4.78, 5) is 72.7. The van der Waals surface area contributed by atoms with Crippen LogP contribution in [-0.4, -0.2) is 104 Å². The number of nitrogens with two attached hydrogens (primary N) is 5. The Balaban J connectivity index is 0.000000421. The number of carboxylic acids is 3. The highest BCUT2D eigenvalue weighted by molar-refractivity contribution is 5.90. The molecule has 4 rings (SSSR count). The van der Waals surface area contributed by atoms with Crippen molar-refractivity contribution in [2.45, 2.75) is 102 Å². The third-order valence-electron chi connectivity index (χ3n) is 8.91. The zero-order chi connectivity index (χ0) is 44.7. The summed E-state index contributed by atoms with van der Waals surface area (Å²) in [5.74, 6) is -4.46. The fraction of sp³-hybridized carbons (Fsp3) is 0.475. The van der Waals surface area contributed by atoms with Crippen LogP contribution in [0.2, 0.25) is 0 Å². The van der Waals surface area contributed by atoms with Crippen LogP contribution in [0.1, 0.15) is 63.8 Å². The molecule has 326 valence electrons. The van der Waals surface area contributed by atoms with Gasteiger partial charge in [-0.15, -0.1) is 0 Å². The molecule has 1 saturated heterocycles. The number of benzene rings is 2. The molecule has 19 nitrogen and oxygen atoms in total. The molecule has 19 heteroatoms. The average molecular weight is 829 g/mol. The highest BCUT2D eigenvalue weighted by Crippen LogP contribution is 2.15. The number of hydrogen-bond donors (Lipinski definition) is 10. The molecule has 0 saturated carbocycles. The molecule has 0 bridgehead atoms. The van der Waals surface area contributed by atoms with Crippen LogP contribution in [0, 0.1) is 11.8 Å². The van der Waals surface area contributed by atoms with Crippen molar-refractivity contribution in [3.05, 3.63) is 83.9 Å². The molecule has 7 atom stereocenters. The summed E-state index contributed by atoms with van der Waals surface area (Å²) in [7, 11) is 0. The van der Waals surface area contributed by atoms with E-state index in [1.54, 1.807) is 44.3 Å². The van der Waals surface area contributed by atoms with Gasteiger partial charge in [-0.05, 0) is 67.3 Å². The molecular formula is C40H60N8O11. The minimum absolute atomic E-state index is 0.0180. The van der Waals surface area contributed by atoms with Gasteiger partial charge in [0.15, 0.2) is 0 Å². The van der Waals surface area contributed by atoms with Crippen molar-refractivity contribution in [2.24, 2.45) is 40.5 Å². The molecule has 3 aromatic rings. The number of nitrogens with zero attached hydrogens (tertiary/aromatic N) is 1. The molecule has 2 heterocycles. The molecule has 1 aliphatic rings. The Morgan fingerprint density at radius 1 is 0.746 bits per heavy atom. The lowest BCUT2D eigenvalue weighted by molar-refractivity contribution is -0.163. The van der Waals surface area contributed by atoms with Crippen LogP contribution in [-0.2, 0) is 52.8 Å². The van der Waals surface area contributed by atoms with Gasteiger partial charge in [-0.1, -0.05) is 76.6 Å². The van der Waals surface area contributed by atoms with Gasteiger partial charge < -0.3 is 63.8 Å². The number of carbonyl (C=O) groups is 6. The van der Waals surface area contributed by atoms with E-state index >= 15 is 0 Å². The zero-order valence-corrected chi connectivity index (χ0v) is 33.9. The second-order valence-electron chi connectivity index (χ2n) is 14.1. The largest absolute Gasteiger partial charge is 0.480 e. The predicted molar refractivity (Wildman–Crippen MR) is 217 cm³/mol. The van der Waals surface area contributed by atoms with E-state index in [1.165, 1.54) is 6.33 Å². The third-order valence-corrected chi connectivity index (χ3v) is 8.91. The Hall–Kier alpha value is -5.57. The first-order chi connectivity index (χ1) is 27.8. The maximum Gasteiger partial charge on any atom is 0.330 e. The van der Waals surface area contributed by atoms with E-state index < -0.39 is 66.0 Å². The number of ether oxygens (including phenoxy) is 2. The summed E-state index contributed by atoms with van der Waals surface area (Å²) >= 11 is 0. The number of H-pyrrole nitrogens is 1. The van der Waals surface area contributed by atoms with Crippen LogP contribution >= 0.6 is 0 Å². The van der Waals surface area contributed by atoms with Crippen molar-refractivity contribution in [1.82, 2.24) is 15.3 Å². The summed E-state index contributed by atoms with van der Waals surface area (Å²) in [6.07, 6.45) is 6.51. The van der Waals surface area contributed by atoms with E-state index in [-0.39, 0.29) is 24.3 Å². The summed E-state index contributed by atoms with van der Waals surface area (Å²) in [6, 6.07) is 11.4. The summed E-state index contributed by atoms with van der Waals surface area (Å²) in [5, 5.41) is 28.5. The second-order valence-corrected chi connectivity index (χ2v) is 14.1. The number of imidazole rings is 1. The fourth-order valence-electron chi connectivity index (χ4n) is 4.79. The molecule has 15 N–H and O–H groups in total. The van der Waals surface area contributed by atoms with Crippen molar-refractivity contribution in [3.8, 4) is 5.75 Å². The number of rotatable bonds is 16. The number of carboxylic acid groups (broad SMARTS) is 3. The predicted octanol–water partition coefficient (Wildman–Crippen LogP) is 0.716. The van der Waals surface area contributed by atoms with Crippen molar-refractivity contribution in [2.75, 3.05) is 6.54 Å². The quantitative estimate of drug-likeness (QED) is 0.0540. The maximum atomic E-state index is 11.9. The Bertz CT molecular complexity index is 1720. The van der Waals surface area contributed by atoms with E-state index in [0.717, 1.165) is 42.6 Å². The summed E-state index contributed by atoms with van der Waals surface area (Å²) < 4.78 is 9.82. The minimum Gasteiger partial charge on any atom is -0.480 e. The molecule has 0 unspecified atom stereocenters. The Morgan fingerprint density at radius 2 is 1.29 bits per heavy atom. The lowest BCUT2D eigenvalue weighted by Crippen LogP contribution is -2.44. The van der Waals surface area contributed by atoms with Crippen LogP contribution < -0.4 is 38.7 Å². The van der Waals surface area contributed by atoms with Crippen LogP contribution in [0.15, 0.2) is 67.1 Å². The fourth-order valence-corrected chi connectivity index (χ4v) is 4.79. The van der Waals surface area contributed by atoms with Crippen LogP contribution in [0.25, 0.3) is 0 Å². The summed E-state index contributed by atoms with van der Waals surface area (Å²) in [6.45, 7) is 8.17. The minimum atomic E-state index is -1.06. The number of aromatic amines is 1. The Labute approximate surface area is 343 Å². The first kappa shape index (κ1) is 51.4. The Kier molecular flexibility index (Phi) is 23.7. The van der Waals surface area contributed by atoms with Crippen LogP contribution in [0.4, 0.5) is 0 Å². The number of aromatic nitrogens is 2. The van der Waals surface area contributed by atoms with Gasteiger partial charge in [0.1, 0.15) is 42.0 Å². The normalized spacial score (nSPS) is 16.1. The molecule has 0 aliphatic carbocycles. The molecule has 1 fully saturated rings. The monoisotopic (exact) mass is 828 g/mol. The van der Waals surface area contributed by atoms with Crippen LogP contribution in [0.5, 0.6) is 5.75 Å². The third kappa shape index (κ3) is 20.6. The standard InChI is InChI=1S/C15H18N4O4.C11H22N2O3.C9H11NO2.C5H9NO2/c16-12(14(20)21)5-9-1-3-11(4-2-9)23-15(22)13(17)6-10-7-18-8-19-10;1-5-7(4)9(13)11(15)16-10(14)8(12)6(2)3;10-8(9(11)12)6-7-4-2-1-3-5-7;7-5(8)4-2-1-3-6-4/h1-4,7-8,12-13H,5-6,16-17H2,(H,18,19)(H,20,21);6-9H,5,12-13H2,1-4H3;1-5,8H,6,10H2,(H,11,12);4,6H,1-3H2,(H,7,8)/t12-,13-;7-,8-,9-;8-;4-/m0000/s1. The number of hydrogen-bond acceptors (Lipinski definition) is 15. The maximum absolute atomic E-state index is 11.9. The van der Waals surface area contributed by atoms with Gasteiger partial charge in [0, 0.05) is 18.3 Å². The van der Waals surface area contributed by atoms with Gasteiger partial charge >= 0.3 is 35.8 Å². The molecule has 0 spiro atoms. The van der Waals surface area contributed by atoms with Crippen molar-refractivity contribution in [3.63, 3.8) is 0 Å². The van der Waals surface area contributed by atoms with E-state index in [2.05, 4.69) is 20.0 Å². The first-order valence-corrected chi connectivity index (χ1v) is 19.0.